The minimum absolute atomic E-state index is 0.0385. The van der Waals surface area contributed by atoms with Crippen LogP contribution in [0.4, 0.5) is 11.4 Å². The molecule has 2 aromatic carbocycles. The third-order valence-corrected chi connectivity index (χ3v) is 6.95. The normalized spacial score (nSPS) is 19.4. The number of nitrogens with one attached hydrogen (secondary N) is 2. The lowest BCUT2D eigenvalue weighted by molar-refractivity contribution is -0.133. The highest BCUT2D eigenvalue weighted by Crippen LogP contribution is 2.31. The molecule has 2 amide bonds. The van der Waals surface area contributed by atoms with E-state index in [0.29, 0.717) is 34.4 Å². The first-order valence-corrected chi connectivity index (χ1v) is 12.0. The summed E-state index contributed by atoms with van der Waals surface area (Å²) in [4.78, 5) is 28.9. The molecule has 176 valence electrons. The van der Waals surface area contributed by atoms with Gasteiger partial charge >= 0.3 is 0 Å². The Morgan fingerprint density at radius 1 is 1.12 bits per heavy atom. The molecule has 2 fully saturated rings. The summed E-state index contributed by atoms with van der Waals surface area (Å²) in [5.74, 6) is -0.301. The van der Waals surface area contributed by atoms with E-state index < -0.39 is 5.91 Å². The van der Waals surface area contributed by atoms with E-state index in [4.69, 9.17) is 28.9 Å². The Bertz CT molecular complexity index is 1030. The standard InChI is InChI=1S/C24H29Cl2N5O2/c1-15(18-6-4-16(25)13-20(18)26)29-22-14-17(5-7-19(22)23(27)32)30-9-11-31(12-10-30)24(33)21-3-2-8-28-21/h4-7,13-15,21,28-29H,2-3,8-12H2,1H3,(H2,27,32)/t15-,21?/m1/s1. The van der Waals surface area contributed by atoms with Gasteiger partial charge in [0.2, 0.25) is 5.91 Å². The molecule has 0 radical (unpaired) electrons. The Hall–Kier alpha value is -2.48. The molecule has 4 rings (SSSR count). The largest absolute Gasteiger partial charge is 0.378 e. The minimum atomic E-state index is -0.502. The maximum Gasteiger partial charge on any atom is 0.250 e. The maximum absolute atomic E-state index is 12.7. The minimum Gasteiger partial charge on any atom is -0.378 e. The molecule has 2 aromatic rings. The van der Waals surface area contributed by atoms with Gasteiger partial charge in [-0.25, -0.2) is 0 Å². The maximum atomic E-state index is 12.7. The number of primary amides is 1. The Kier molecular flexibility index (Phi) is 7.32. The highest BCUT2D eigenvalue weighted by atomic mass is 35.5. The van der Waals surface area contributed by atoms with Crippen LogP contribution in [0.25, 0.3) is 0 Å². The number of hydrogen-bond donors (Lipinski definition) is 3. The molecule has 2 heterocycles. The molecule has 0 bridgehead atoms. The quantitative estimate of drug-likeness (QED) is 0.575. The first-order chi connectivity index (χ1) is 15.8. The van der Waals surface area contributed by atoms with Crippen LogP contribution < -0.4 is 21.3 Å². The monoisotopic (exact) mass is 489 g/mol. The number of anilines is 2. The van der Waals surface area contributed by atoms with E-state index in [1.807, 2.05) is 30.0 Å². The second-order valence-electron chi connectivity index (χ2n) is 8.59. The summed E-state index contributed by atoms with van der Waals surface area (Å²) in [6, 6.07) is 10.7. The van der Waals surface area contributed by atoms with Crippen molar-refractivity contribution in [1.29, 1.82) is 0 Å². The van der Waals surface area contributed by atoms with Crippen LogP contribution in [0, 0.1) is 0 Å². The average Bonchev–Trinajstić information content (AvgIpc) is 3.33. The van der Waals surface area contributed by atoms with E-state index in [9.17, 15) is 9.59 Å². The van der Waals surface area contributed by atoms with Crippen LogP contribution in [0.2, 0.25) is 10.0 Å². The van der Waals surface area contributed by atoms with Gasteiger partial charge in [0.05, 0.1) is 17.6 Å². The van der Waals surface area contributed by atoms with Gasteiger partial charge in [-0.3, -0.25) is 9.59 Å². The van der Waals surface area contributed by atoms with Gasteiger partial charge in [-0.1, -0.05) is 29.3 Å². The molecule has 0 saturated carbocycles. The van der Waals surface area contributed by atoms with E-state index in [1.165, 1.54) is 0 Å². The molecule has 7 nitrogen and oxygen atoms in total. The van der Waals surface area contributed by atoms with Gasteiger partial charge in [-0.15, -0.1) is 0 Å². The fourth-order valence-corrected chi connectivity index (χ4v) is 5.10. The van der Waals surface area contributed by atoms with Crippen LogP contribution in [-0.4, -0.2) is 55.5 Å². The summed E-state index contributed by atoms with van der Waals surface area (Å²) in [7, 11) is 0. The Labute approximate surface area is 204 Å². The molecule has 2 atom stereocenters. The molecule has 33 heavy (non-hydrogen) atoms. The summed E-state index contributed by atoms with van der Waals surface area (Å²) in [6.07, 6.45) is 1.97. The van der Waals surface area contributed by atoms with Crippen molar-refractivity contribution >= 4 is 46.4 Å². The van der Waals surface area contributed by atoms with E-state index in [-0.39, 0.29) is 18.0 Å². The van der Waals surface area contributed by atoms with Gasteiger partial charge in [-0.2, -0.15) is 0 Å². The number of benzene rings is 2. The Balaban J connectivity index is 1.48. The molecule has 9 heteroatoms. The average molecular weight is 490 g/mol. The second kappa shape index (κ2) is 10.2. The summed E-state index contributed by atoms with van der Waals surface area (Å²) < 4.78 is 0. The first-order valence-electron chi connectivity index (χ1n) is 11.3. The molecule has 0 aromatic heterocycles. The van der Waals surface area contributed by atoms with Crippen molar-refractivity contribution in [1.82, 2.24) is 10.2 Å². The predicted molar refractivity (Wildman–Crippen MR) is 133 cm³/mol. The second-order valence-corrected chi connectivity index (χ2v) is 9.43. The van der Waals surface area contributed by atoms with E-state index in [2.05, 4.69) is 15.5 Å². The van der Waals surface area contributed by atoms with Gasteiger partial charge in [0.25, 0.3) is 5.91 Å². The van der Waals surface area contributed by atoms with Crippen molar-refractivity contribution in [3.8, 4) is 0 Å². The lowest BCUT2D eigenvalue weighted by Gasteiger charge is -2.37. The number of nitrogens with zero attached hydrogens (tertiary/aromatic N) is 2. The van der Waals surface area contributed by atoms with Gasteiger partial charge in [0, 0.05) is 47.6 Å². The summed E-state index contributed by atoms with van der Waals surface area (Å²) in [6.45, 7) is 5.69. The fourth-order valence-electron chi connectivity index (χ4n) is 4.53. The number of rotatable bonds is 6. The van der Waals surface area contributed by atoms with Gasteiger partial charge in [0.15, 0.2) is 0 Å². The fraction of sp³-hybridized carbons (Fsp3) is 0.417. The van der Waals surface area contributed by atoms with Crippen molar-refractivity contribution in [2.75, 3.05) is 42.9 Å². The molecule has 0 spiro atoms. The Morgan fingerprint density at radius 3 is 2.52 bits per heavy atom. The van der Waals surface area contributed by atoms with Crippen molar-refractivity contribution in [3.63, 3.8) is 0 Å². The molecule has 4 N–H and O–H groups in total. The number of carbonyl (C=O) groups is 2. The van der Waals surface area contributed by atoms with Gasteiger partial charge in [0.1, 0.15) is 0 Å². The number of hydrogen-bond acceptors (Lipinski definition) is 5. The number of piperazine rings is 1. The van der Waals surface area contributed by atoms with Crippen LogP contribution in [0.15, 0.2) is 36.4 Å². The summed E-state index contributed by atoms with van der Waals surface area (Å²) in [5, 5.41) is 7.79. The lowest BCUT2D eigenvalue weighted by Crippen LogP contribution is -2.53. The molecule has 2 saturated heterocycles. The van der Waals surface area contributed by atoms with Gasteiger partial charge in [-0.05, 0) is 62.2 Å². The highest BCUT2D eigenvalue weighted by Gasteiger charge is 2.29. The molecular weight excluding hydrogens is 461 g/mol. The lowest BCUT2D eigenvalue weighted by atomic mass is 10.1. The zero-order chi connectivity index (χ0) is 23.5. The smallest absolute Gasteiger partial charge is 0.250 e. The third kappa shape index (κ3) is 5.37. The zero-order valence-corrected chi connectivity index (χ0v) is 20.1. The van der Waals surface area contributed by atoms with Crippen molar-refractivity contribution in [2.24, 2.45) is 5.73 Å². The van der Waals surface area contributed by atoms with Crippen LogP contribution in [0.1, 0.15) is 41.7 Å². The molecular formula is C24H29Cl2N5O2. The van der Waals surface area contributed by atoms with E-state index in [1.54, 1.807) is 18.2 Å². The topological polar surface area (TPSA) is 90.7 Å². The van der Waals surface area contributed by atoms with Crippen LogP contribution in [-0.2, 0) is 4.79 Å². The van der Waals surface area contributed by atoms with E-state index in [0.717, 1.165) is 43.7 Å². The summed E-state index contributed by atoms with van der Waals surface area (Å²) in [5.41, 5.74) is 8.54. The van der Waals surface area contributed by atoms with Crippen LogP contribution in [0.5, 0.6) is 0 Å². The van der Waals surface area contributed by atoms with Crippen molar-refractivity contribution in [2.45, 2.75) is 31.8 Å². The zero-order valence-electron chi connectivity index (χ0n) is 18.6. The summed E-state index contributed by atoms with van der Waals surface area (Å²) >= 11 is 12.4. The van der Waals surface area contributed by atoms with Gasteiger partial charge < -0.3 is 26.2 Å². The molecule has 2 aliphatic rings. The van der Waals surface area contributed by atoms with Crippen molar-refractivity contribution in [3.05, 3.63) is 57.6 Å². The molecule has 2 aliphatic heterocycles. The van der Waals surface area contributed by atoms with E-state index >= 15 is 0 Å². The number of nitrogens with two attached hydrogens (primary N) is 1. The number of carbonyl (C=O) groups excluding carboxylic acids is 2. The molecule has 0 aliphatic carbocycles. The third-order valence-electron chi connectivity index (χ3n) is 6.38. The van der Waals surface area contributed by atoms with Crippen molar-refractivity contribution < 1.29 is 9.59 Å². The van der Waals surface area contributed by atoms with Crippen LogP contribution in [0.3, 0.4) is 0 Å². The first kappa shape index (κ1) is 23.7. The Morgan fingerprint density at radius 2 is 1.88 bits per heavy atom. The van der Waals surface area contributed by atoms with Crippen LogP contribution >= 0.6 is 23.2 Å². The number of amides is 2. The molecule has 1 unspecified atom stereocenters. The number of halogens is 2. The SMILES string of the molecule is C[C@@H](Nc1cc(N2CCN(C(=O)C3CCCN3)CC2)ccc1C(N)=O)c1ccc(Cl)cc1Cl. The highest BCUT2D eigenvalue weighted by molar-refractivity contribution is 6.35. The predicted octanol–water partition coefficient (Wildman–Crippen LogP) is 3.67.